The number of hydrogen-bond donors (Lipinski definition) is 0. The van der Waals surface area contributed by atoms with Gasteiger partial charge in [-0.05, 0) is 23.7 Å². The van der Waals surface area contributed by atoms with E-state index >= 15 is 0 Å². The first kappa shape index (κ1) is 17.2. The zero-order chi connectivity index (χ0) is 12.9. The third-order valence-corrected chi connectivity index (χ3v) is 4.30. The summed E-state index contributed by atoms with van der Waals surface area (Å²) in [6.45, 7) is 0. The van der Waals surface area contributed by atoms with Crippen molar-refractivity contribution >= 4 is 38.5 Å². The maximum Gasteiger partial charge on any atom is 0.134 e. The first-order chi connectivity index (χ1) is 8.24. The van der Waals surface area contributed by atoms with Crippen molar-refractivity contribution in [1.82, 2.24) is 0 Å². The molecule has 4 heteroatoms. The quantitative estimate of drug-likeness (QED) is 0.290. The second kappa shape index (κ2) is 12.6. The highest BCUT2D eigenvalue weighted by atomic mass is 127. The lowest BCUT2D eigenvalue weighted by Crippen LogP contribution is -2.05. The van der Waals surface area contributed by atoms with Gasteiger partial charge in [-0.3, -0.25) is 0 Å². The zero-order valence-electron chi connectivity index (χ0n) is 10.2. The maximum absolute atomic E-state index is 8.67. The molecule has 0 fully saturated rings. The van der Waals surface area contributed by atoms with Crippen molar-refractivity contribution in [1.29, 1.82) is 10.5 Å². The Labute approximate surface area is 127 Å². The molecule has 0 bridgehead atoms. The minimum Gasteiger partial charge on any atom is -0.197 e. The van der Waals surface area contributed by atoms with Crippen LogP contribution in [-0.4, -0.2) is 9.25 Å². The molecule has 0 saturated carbocycles. The lowest BCUT2D eigenvalue weighted by Gasteiger charge is -2.09. The van der Waals surface area contributed by atoms with Crippen LogP contribution >= 0.6 is 38.5 Å². The van der Waals surface area contributed by atoms with E-state index in [1.807, 2.05) is 12.1 Å². The molecule has 0 N–H and O–H groups in total. The number of nitrogens with zero attached hydrogens (tertiary/aromatic N) is 2. The van der Waals surface area contributed by atoms with Crippen LogP contribution in [0.5, 0.6) is 0 Å². The van der Waals surface area contributed by atoms with E-state index < -0.39 is 5.92 Å². The van der Waals surface area contributed by atoms with Crippen LogP contribution in [-0.2, 0) is 0 Å². The van der Waals surface area contributed by atoms with E-state index in [2.05, 4.69) is 38.5 Å². The van der Waals surface area contributed by atoms with Gasteiger partial charge in [-0.25, -0.2) is 0 Å². The number of rotatable bonds is 10. The lowest BCUT2D eigenvalue weighted by atomic mass is 10.0. The van der Waals surface area contributed by atoms with Gasteiger partial charge in [0.25, 0.3) is 0 Å². The Morgan fingerprint density at radius 1 is 0.941 bits per heavy atom. The van der Waals surface area contributed by atoms with Crippen molar-refractivity contribution in [3.8, 4) is 12.1 Å². The highest BCUT2D eigenvalue weighted by Gasteiger charge is 2.12. The second-order valence-electron chi connectivity index (χ2n) is 4.24. The van der Waals surface area contributed by atoms with Gasteiger partial charge in [0, 0.05) is 4.83 Å². The summed E-state index contributed by atoms with van der Waals surface area (Å²) < 4.78 is 1.27. The predicted molar refractivity (Wildman–Crippen MR) is 83.3 cm³/mol. The molecule has 0 aromatic rings. The third kappa shape index (κ3) is 11.0. The average molecular weight is 411 g/mol. The molecule has 1 atom stereocenters. The van der Waals surface area contributed by atoms with Crippen molar-refractivity contribution < 1.29 is 0 Å². The largest absolute Gasteiger partial charge is 0.197 e. The average Bonchev–Trinajstić information content (AvgIpc) is 2.34. The summed E-state index contributed by atoms with van der Waals surface area (Å²) in [4.78, 5) is 0.321. The van der Waals surface area contributed by atoms with Crippen LogP contribution in [0, 0.1) is 28.6 Å². The molecule has 0 spiro atoms. The standard InChI is InChI=1S/C13H20BrIN2/c14-13(9-12(10-16)11-17)7-5-3-1-2-4-6-8-15/h12-13H,1-9H2. The predicted octanol–water partition coefficient (Wildman–Crippen LogP) is 4.97. The van der Waals surface area contributed by atoms with E-state index in [0.717, 1.165) is 6.42 Å². The van der Waals surface area contributed by atoms with Gasteiger partial charge in [-0.1, -0.05) is 70.6 Å². The highest BCUT2D eigenvalue weighted by molar-refractivity contribution is 14.1. The fourth-order valence-corrected chi connectivity index (χ4v) is 2.91. The molecule has 1 unspecified atom stereocenters. The Bertz CT molecular complexity index is 243. The summed E-state index contributed by atoms with van der Waals surface area (Å²) in [6.07, 6.45) is 9.55. The van der Waals surface area contributed by atoms with Crippen LogP contribution in [0.25, 0.3) is 0 Å². The SMILES string of the molecule is N#CC(C#N)CC(Br)CCCCCCCCI. The molecular formula is C13H20BrIN2. The van der Waals surface area contributed by atoms with E-state index in [-0.39, 0.29) is 0 Å². The highest BCUT2D eigenvalue weighted by Crippen LogP contribution is 2.19. The van der Waals surface area contributed by atoms with Gasteiger partial charge in [-0.15, -0.1) is 0 Å². The molecule has 0 rings (SSSR count). The molecule has 0 radical (unpaired) electrons. The smallest absolute Gasteiger partial charge is 0.134 e. The van der Waals surface area contributed by atoms with Gasteiger partial charge in [0.1, 0.15) is 5.92 Å². The molecule has 17 heavy (non-hydrogen) atoms. The fourth-order valence-electron chi connectivity index (χ4n) is 1.68. The van der Waals surface area contributed by atoms with Crippen LogP contribution in [0.3, 0.4) is 0 Å². The summed E-state index contributed by atoms with van der Waals surface area (Å²) >= 11 is 5.97. The van der Waals surface area contributed by atoms with Crippen LogP contribution in [0.4, 0.5) is 0 Å². The van der Waals surface area contributed by atoms with E-state index in [9.17, 15) is 0 Å². The Hall–Kier alpha value is 0.190. The van der Waals surface area contributed by atoms with E-state index in [1.165, 1.54) is 43.0 Å². The summed E-state index contributed by atoms with van der Waals surface area (Å²) in [6, 6.07) is 4.03. The van der Waals surface area contributed by atoms with E-state index in [1.54, 1.807) is 0 Å². The topological polar surface area (TPSA) is 47.6 Å². The Morgan fingerprint density at radius 3 is 2.00 bits per heavy atom. The monoisotopic (exact) mass is 410 g/mol. The molecule has 0 aliphatic rings. The maximum atomic E-state index is 8.67. The molecule has 0 aromatic carbocycles. The molecule has 0 aromatic heterocycles. The summed E-state index contributed by atoms with van der Waals surface area (Å²) in [5.74, 6) is -0.456. The van der Waals surface area contributed by atoms with Crippen molar-refractivity contribution in [2.75, 3.05) is 4.43 Å². The number of nitriles is 2. The normalized spacial score (nSPS) is 12.1. The van der Waals surface area contributed by atoms with Crippen molar-refractivity contribution in [3.63, 3.8) is 0 Å². The first-order valence-corrected chi connectivity index (χ1v) is 8.68. The molecule has 0 saturated heterocycles. The Balaban J connectivity index is 3.37. The summed E-state index contributed by atoms with van der Waals surface area (Å²) in [7, 11) is 0. The van der Waals surface area contributed by atoms with Gasteiger partial charge in [0.15, 0.2) is 0 Å². The van der Waals surface area contributed by atoms with Gasteiger partial charge in [0.2, 0.25) is 0 Å². The molecule has 2 nitrogen and oxygen atoms in total. The van der Waals surface area contributed by atoms with Crippen LogP contribution < -0.4 is 0 Å². The molecule has 0 amide bonds. The van der Waals surface area contributed by atoms with Crippen LogP contribution in [0.1, 0.15) is 51.4 Å². The second-order valence-corrected chi connectivity index (χ2v) is 6.62. The Morgan fingerprint density at radius 2 is 1.47 bits per heavy atom. The van der Waals surface area contributed by atoms with Crippen molar-refractivity contribution in [3.05, 3.63) is 0 Å². The van der Waals surface area contributed by atoms with Crippen molar-refractivity contribution in [2.45, 2.75) is 56.2 Å². The van der Waals surface area contributed by atoms with Crippen LogP contribution in [0.2, 0.25) is 0 Å². The minimum atomic E-state index is -0.456. The van der Waals surface area contributed by atoms with E-state index in [0.29, 0.717) is 11.2 Å². The molecule has 0 aliphatic heterocycles. The molecule has 0 aliphatic carbocycles. The first-order valence-electron chi connectivity index (χ1n) is 6.23. The fraction of sp³-hybridized carbons (Fsp3) is 0.846. The number of unbranched alkanes of at least 4 members (excludes halogenated alkanes) is 5. The molecule has 0 heterocycles. The van der Waals surface area contributed by atoms with Gasteiger partial charge >= 0.3 is 0 Å². The molecular weight excluding hydrogens is 391 g/mol. The van der Waals surface area contributed by atoms with Gasteiger partial charge in [-0.2, -0.15) is 10.5 Å². The zero-order valence-corrected chi connectivity index (χ0v) is 13.9. The summed E-state index contributed by atoms with van der Waals surface area (Å²) in [5.41, 5.74) is 0. The third-order valence-electron chi connectivity index (χ3n) is 2.70. The Kier molecular flexibility index (Phi) is 12.8. The van der Waals surface area contributed by atoms with Gasteiger partial charge < -0.3 is 0 Å². The van der Waals surface area contributed by atoms with E-state index in [4.69, 9.17) is 10.5 Å². The minimum absolute atomic E-state index is 0.321. The summed E-state index contributed by atoms with van der Waals surface area (Å²) in [5, 5.41) is 17.3. The lowest BCUT2D eigenvalue weighted by molar-refractivity contribution is 0.565. The molecule has 96 valence electrons. The van der Waals surface area contributed by atoms with Gasteiger partial charge in [0.05, 0.1) is 12.1 Å². The van der Waals surface area contributed by atoms with Crippen LogP contribution in [0.15, 0.2) is 0 Å². The number of hydrogen-bond acceptors (Lipinski definition) is 2. The number of alkyl halides is 2. The van der Waals surface area contributed by atoms with Crippen molar-refractivity contribution in [2.24, 2.45) is 5.92 Å². The number of halogens is 2.